The van der Waals surface area contributed by atoms with Gasteiger partial charge >= 0.3 is 0 Å². The Labute approximate surface area is 178 Å². The van der Waals surface area contributed by atoms with Gasteiger partial charge in [0.05, 0.1) is 6.04 Å². The summed E-state index contributed by atoms with van der Waals surface area (Å²) in [5.74, 6) is 6.89. The summed E-state index contributed by atoms with van der Waals surface area (Å²) in [6, 6.07) is 29.1. The van der Waals surface area contributed by atoms with Crippen molar-refractivity contribution in [1.82, 2.24) is 9.80 Å². The van der Waals surface area contributed by atoms with Crippen LogP contribution in [0.4, 0.5) is 0 Å². The van der Waals surface area contributed by atoms with Crippen molar-refractivity contribution in [3.05, 3.63) is 107 Å². The highest BCUT2D eigenvalue weighted by Crippen LogP contribution is 2.24. The minimum atomic E-state index is 0.0753. The van der Waals surface area contributed by atoms with E-state index in [4.69, 9.17) is 11.6 Å². The summed E-state index contributed by atoms with van der Waals surface area (Å²) in [6.07, 6.45) is 0. The second-order valence-electron chi connectivity index (χ2n) is 7.39. The van der Waals surface area contributed by atoms with Gasteiger partial charge in [-0.15, -0.1) is 0 Å². The molecule has 0 bridgehead atoms. The largest absolute Gasteiger partial charge is 0.297 e. The smallest absolute Gasteiger partial charge is 0.0975 e. The van der Waals surface area contributed by atoms with Gasteiger partial charge in [0.15, 0.2) is 0 Å². The van der Waals surface area contributed by atoms with Crippen molar-refractivity contribution >= 4 is 11.6 Å². The molecule has 0 N–H and O–H groups in total. The van der Waals surface area contributed by atoms with Crippen molar-refractivity contribution in [2.75, 3.05) is 26.2 Å². The number of benzene rings is 3. The fourth-order valence-corrected chi connectivity index (χ4v) is 3.85. The summed E-state index contributed by atoms with van der Waals surface area (Å²) >= 11 is 6.11. The minimum absolute atomic E-state index is 0.0753. The maximum Gasteiger partial charge on any atom is 0.0975 e. The minimum Gasteiger partial charge on any atom is -0.297 e. The van der Waals surface area contributed by atoms with Gasteiger partial charge in [-0.2, -0.15) is 0 Å². The van der Waals surface area contributed by atoms with Crippen molar-refractivity contribution < 1.29 is 0 Å². The number of hydrogen-bond donors (Lipinski definition) is 0. The summed E-state index contributed by atoms with van der Waals surface area (Å²) in [7, 11) is 0. The summed E-state index contributed by atoms with van der Waals surface area (Å²) in [6.45, 7) is 5.11. The molecule has 0 aromatic heterocycles. The van der Waals surface area contributed by atoms with Crippen LogP contribution in [0.1, 0.15) is 22.7 Å². The van der Waals surface area contributed by atoms with E-state index in [2.05, 4.69) is 76.2 Å². The van der Waals surface area contributed by atoms with E-state index in [1.165, 1.54) is 11.1 Å². The fourth-order valence-electron chi connectivity index (χ4n) is 3.72. The van der Waals surface area contributed by atoms with Crippen LogP contribution in [0.2, 0.25) is 5.02 Å². The Balaban J connectivity index is 1.48. The Kier molecular flexibility index (Phi) is 6.64. The second kappa shape index (κ2) is 9.76. The molecule has 0 radical (unpaired) electrons. The molecule has 2 nitrogen and oxygen atoms in total. The number of nitrogens with zero attached hydrogens (tertiary/aromatic N) is 2. The average Bonchev–Trinajstić information content (AvgIpc) is 2.78. The van der Waals surface area contributed by atoms with Crippen LogP contribution in [0.15, 0.2) is 84.9 Å². The SMILES string of the molecule is Clc1ccc(C(C#Cc2ccccc2)N2CCN(Cc3ccccc3)CC2)cc1. The summed E-state index contributed by atoms with van der Waals surface area (Å²) in [5, 5.41) is 0.760. The Morgan fingerprint density at radius 2 is 1.38 bits per heavy atom. The van der Waals surface area contributed by atoms with Gasteiger partial charge < -0.3 is 0 Å². The molecular weight excluding hydrogens is 376 g/mol. The monoisotopic (exact) mass is 400 g/mol. The number of halogens is 1. The summed E-state index contributed by atoms with van der Waals surface area (Å²) in [5.41, 5.74) is 3.63. The van der Waals surface area contributed by atoms with Gasteiger partial charge in [0.25, 0.3) is 0 Å². The van der Waals surface area contributed by atoms with Crippen LogP contribution in [0, 0.1) is 11.8 Å². The molecule has 3 heteroatoms. The van der Waals surface area contributed by atoms with Crippen LogP contribution >= 0.6 is 11.6 Å². The van der Waals surface area contributed by atoms with Crippen molar-refractivity contribution in [2.24, 2.45) is 0 Å². The zero-order valence-corrected chi connectivity index (χ0v) is 17.2. The molecule has 29 heavy (non-hydrogen) atoms. The third-order valence-corrected chi connectivity index (χ3v) is 5.59. The lowest BCUT2D eigenvalue weighted by molar-refractivity contribution is 0.110. The van der Waals surface area contributed by atoms with Crippen LogP contribution in [0.3, 0.4) is 0 Å². The van der Waals surface area contributed by atoms with Gasteiger partial charge in [-0.25, -0.2) is 0 Å². The zero-order chi connectivity index (χ0) is 19.9. The Morgan fingerprint density at radius 1 is 0.759 bits per heavy atom. The third kappa shape index (κ3) is 5.49. The van der Waals surface area contributed by atoms with Gasteiger partial charge in [-0.1, -0.05) is 84.1 Å². The lowest BCUT2D eigenvalue weighted by Gasteiger charge is -2.37. The van der Waals surface area contributed by atoms with E-state index >= 15 is 0 Å². The van der Waals surface area contributed by atoms with Crippen LogP contribution in [0.25, 0.3) is 0 Å². The lowest BCUT2D eigenvalue weighted by Crippen LogP contribution is -2.47. The Bertz CT molecular complexity index is 950. The molecule has 0 aliphatic carbocycles. The zero-order valence-electron chi connectivity index (χ0n) is 16.5. The fraction of sp³-hybridized carbons (Fsp3) is 0.231. The van der Waals surface area contributed by atoms with Crippen LogP contribution < -0.4 is 0 Å². The van der Waals surface area contributed by atoms with Crippen molar-refractivity contribution in [2.45, 2.75) is 12.6 Å². The van der Waals surface area contributed by atoms with E-state index in [0.29, 0.717) is 0 Å². The van der Waals surface area contributed by atoms with Gasteiger partial charge in [-0.3, -0.25) is 9.80 Å². The molecule has 1 atom stereocenters. The van der Waals surface area contributed by atoms with E-state index in [-0.39, 0.29) is 6.04 Å². The highest BCUT2D eigenvalue weighted by Gasteiger charge is 2.24. The van der Waals surface area contributed by atoms with E-state index in [1.54, 1.807) is 0 Å². The topological polar surface area (TPSA) is 6.48 Å². The first-order valence-corrected chi connectivity index (χ1v) is 10.5. The van der Waals surface area contributed by atoms with E-state index in [9.17, 15) is 0 Å². The maximum atomic E-state index is 6.11. The van der Waals surface area contributed by atoms with Crippen molar-refractivity contribution in [3.63, 3.8) is 0 Å². The van der Waals surface area contributed by atoms with Crippen molar-refractivity contribution in [1.29, 1.82) is 0 Å². The molecule has 0 amide bonds. The molecule has 146 valence electrons. The van der Waals surface area contributed by atoms with E-state index in [0.717, 1.165) is 43.3 Å². The predicted molar refractivity (Wildman–Crippen MR) is 121 cm³/mol. The standard InChI is InChI=1S/C26H25ClN2/c27-25-14-12-24(13-15-25)26(16-11-22-7-3-1-4-8-22)29-19-17-28(18-20-29)21-23-9-5-2-6-10-23/h1-10,12-15,26H,17-21H2. The molecule has 1 fully saturated rings. The van der Waals surface area contributed by atoms with Gasteiger partial charge in [-0.05, 0) is 35.4 Å². The molecule has 1 aliphatic rings. The molecule has 3 aromatic carbocycles. The van der Waals surface area contributed by atoms with Gasteiger partial charge in [0.1, 0.15) is 0 Å². The van der Waals surface area contributed by atoms with Crippen LogP contribution in [-0.2, 0) is 6.54 Å². The van der Waals surface area contributed by atoms with Gasteiger partial charge in [0.2, 0.25) is 0 Å². The van der Waals surface area contributed by atoms with Gasteiger partial charge in [0, 0.05) is 43.3 Å². The first kappa shape index (κ1) is 19.7. The quantitative estimate of drug-likeness (QED) is 0.552. The van der Waals surface area contributed by atoms with E-state index < -0.39 is 0 Å². The highest BCUT2D eigenvalue weighted by atomic mass is 35.5. The number of hydrogen-bond acceptors (Lipinski definition) is 2. The summed E-state index contributed by atoms with van der Waals surface area (Å²) < 4.78 is 0. The molecule has 4 rings (SSSR count). The number of piperazine rings is 1. The first-order chi connectivity index (χ1) is 14.3. The third-order valence-electron chi connectivity index (χ3n) is 5.33. The molecule has 1 aliphatic heterocycles. The Morgan fingerprint density at radius 3 is 2.03 bits per heavy atom. The van der Waals surface area contributed by atoms with Crippen LogP contribution in [-0.4, -0.2) is 36.0 Å². The predicted octanol–water partition coefficient (Wildman–Crippen LogP) is 5.25. The van der Waals surface area contributed by atoms with Crippen molar-refractivity contribution in [3.8, 4) is 11.8 Å². The Hall–Kier alpha value is -2.57. The highest BCUT2D eigenvalue weighted by molar-refractivity contribution is 6.30. The first-order valence-electron chi connectivity index (χ1n) is 10.1. The summed E-state index contributed by atoms with van der Waals surface area (Å²) in [4.78, 5) is 5.01. The maximum absolute atomic E-state index is 6.11. The van der Waals surface area contributed by atoms with Crippen LogP contribution in [0.5, 0.6) is 0 Å². The molecule has 1 heterocycles. The average molecular weight is 401 g/mol. The molecule has 0 saturated carbocycles. The molecule has 1 unspecified atom stereocenters. The molecule has 1 saturated heterocycles. The number of rotatable bonds is 4. The molecule has 0 spiro atoms. The molecular formula is C26H25ClN2. The molecule has 3 aromatic rings. The van der Waals surface area contributed by atoms with E-state index in [1.807, 2.05) is 30.3 Å². The normalized spacial score (nSPS) is 16.0. The lowest BCUT2D eigenvalue weighted by atomic mass is 10.0. The second-order valence-corrected chi connectivity index (χ2v) is 7.82.